The third kappa shape index (κ3) is 2.58. The number of carbonyl (C=O) groups excluding carboxylic acids is 1. The largest absolute Gasteiger partial charge is 0.365 e. The van der Waals surface area contributed by atoms with Crippen LogP contribution in [-0.2, 0) is 16.1 Å². The second kappa shape index (κ2) is 5.08. The number of ether oxygens (including phenoxy) is 1. The lowest BCUT2D eigenvalue weighted by atomic mass is 9.92. The van der Waals surface area contributed by atoms with Crippen LogP contribution in [0.3, 0.4) is 0 Å². The molecule has 1 aliphatic carbocycles. The summed E-state index contributed by atoms with van der Waals surface area (Å²) < 4.78 is 5.69. The Hall–Kier alpha value is -1.41. The van der Waals surface area contributed by atoms with Gasteiger partial charge in [-0.25, -0.2) is 0 Å². The van der Waals surface area contributed by atoms with Gasteiger partial charge in [-0.05, 0) is 24.0 Å². The second-order valence-corrected chi connectivity index (χ2v) is 4.23. The quantitative estimate of drug-likeness (QED) is 0.776. The second-order valence-electron chi connectivity index (χ2n) is 4.23. The number of rotatable bonds is 3. The van der Waals surface area contributed by atoms with Gasteiger partial charge in [0.2, 0.25) is 0 Å². The van der Waals surface area contributed by atoms with Crippen molar-refractivity contribution in [2.45, 2.75) is 26.1 Å². The minimum atomic E-state index is -0.273. The van der Waals surface area contributed by atoms with E-state index < -0.39 is 0 Å². The van der Waals surface area contributed by atoms with Gasteiger partial charge in [0.1, 0.15) is 6.10 Å². The molecule has 0 unspecified atom stereocenters. The monoisotopic (exact) mass is 216 g/mol. The van der Waals surface area contributed by atoms with Crippen molar-refractivity contribution in [2.24, 2.45) is 5.92 Å². The van der Waals surface area contributed by atoms with Crippen molar-refractivity contribution < 1.29 is 9.53 Å². The van der Waals surface area contributed by atoms with Gasteiger partial charge >= 0.3 is 0 Å². The van der Waals surface area contributed by atoms with Crippen LogP contribution in [-0.4, -0.2) is 11.9 Å². The molecule has 2 atom stereocenters. The van der Waals surface area contributed by atoms with Crippen LogP contribution in [0.4, 0.5) is 0 Å². The van der Waals surface area contributed by atoms with Crippen LogP contribution >= 0.6 is 0 Å². The molecule has 0 N–H and O–H groups in total. The zero-order chi connectivity index (χ0) is 11.4. The smallest absolute Gasteiger partial charge is 0.184 e. The third-order valence-corrected chi connectivity index (χ3v) is 2.86. The molecule has 2 nitrogen and oxygen atoms in total. The van der Waals surface area contributed by atoms with Crippen molar-refractivity contribution in [3.8, 4) is 0 Å². The van der Waals surface area contributed by atoms with Gasteiger partial charge in [-0.2, -0.15) is 0 Å². The highest BCUT2D eigenvalue weighted by atomic mass is 16.5. The van der Waals surface area contributed by atoms with E-state index in [1.165, 1.54) is 0 Å². The molecule has 16 heavy (non-hydrogen) atoms. The fraction of sp³-hybridized carbons (Fsp3) is 0.357. The lowest BCUT2D eigenvalue weighted by Gasteiger charge is -2.24. The van der Waals surface area contributed by atoms with Gasteiger partial charge in [0.25, 0.3) is 0 Å². The molecule has 0 fully saturated rings. The summed E-state index contributed by atoms with van der Waals surface area (Å²) >= 11 is 0. The van der Waals surface area contributed by atoms with Crippen LogP contribution < -0.4 is 0 Å². The van der Waals surface area contributed by atoms with Crippen LogP contribution in [0.25, 0.3) is 0 Å². The molecule has 1 aliphatic rings. The Labute approximate surface area is 95.9 Å². The van der Waals surface area contributed by atoms with E-state index in [2.05, 4.69) is 6.92 Å². The van der Waals surface area contributed by atoms with Crippen molar-refractivity contribution >= 4 is 5.78 Å². The first kappa shape index (κ1) is 11.1. The summed E-state index contributed by atoms with van der Waals surface area (Å²) in [4.78, 5) is 11.6. The van der Waals surface area contributed by atoms with Gasteiger partial charge in [-0.3, -0.25) is 4.79 Å². The number of allylic oxidation sites excluding steroid dienone is 1. The Kier molecular flexibility index (Phi) is 3.52. The van der Waals surface area contributed by atoms with Crippen LogP contribution in [0, 0.1) is 5.92 Å². The van der Waals surface area contributed by atoms with Crippen LogP contribution in [0.15, 0.2) is 42.5 Å². The van der Waals surface area contributed by atoms with Crippen molar-refractivity contribution in [1.82, 2.24) is 0 Å². The molecule has 2 heteroatoms. The van der Waals surface area contributed by atoms with Gasteiger partial charge < -0.3 is 4.74 Å². The zero-order valence-electron chi connectivity index (χ0n) is 9.43. The fourth-order valence-corrected chi connectivity index (χ4v) is 1.90. The highest BCUT2D eigenvalue weighted by Gasteiger charge is 2.26. The predicted molar refractivity (Wildman–Crippen MR) is 62.9 cm³/mol. The predicted octanol–water partition coefficient (Wildman–Crippen LogP) is 2.74. The highest BCUT2D eigenvalue weighted by molar-refractivity contribution is 5.94. The van der Waals surface area contributed by atoms with Gasteiger partial charge in [0.15, 0.2) is 5.78 Å². The molecule has 0 aromatic heterocycles. The molecule has 0 saturated carbocycles. The van der Waals surface area contributed by atoms with Crippen molar-refractivity contribution in [1.29, 1.82) is 0 Å². The first-order chi connectivity index (χ1) is 7.77. The summed E-state index contributed by atoms with van der Waals surface area (Å²) in [7, 11) is 0. The lowest BCUT2D eigenvalue weighted by Crippen LogP contribution is -2.32. The average molecular weight is 216 g/mol. The average Bonchev–Trinajstić information content (AvgIpc) is 2.30. The summed E-state index contributed by atoms with van der Waals surface area (Å²) in [6.07, 6.45) is 4.21. The third-order valence-electron chi connectivity index (χ3n) is 2.86. The maximum absolute atomic E-state index is 11.6. The van der Waals surface area contributed by atoms with Crippen molar-refractivity contribution in [2.75, 3.05) is 0 Å². The molecular weight excluding hydrogens is 200 g/mol. The molecular formula is C14H16O2. The molecule has 0 bridgehead atoms. The Bertz CT molecular complexity index is 381. The van der Waals surface area contributed by atoms with Crippen molar-refractivity contribution in [3.05, 3.63) is 48.0 Å². The van der Waals surface area contributed by atoms with Crippen LogP contribution in [0.5, 0.6) is 0 Å². The summed E-state index contributed by atoms with van der Waals surface area (Å²) in [5.41, 5.74) is 1.11. The molecule has 0 amide bonds. The van der Waals surface area contributed by atoms with E-state index in [0.29, 0.717) is 6.61 Å². The van der Waals surface area contributed by atoms with E-state index in [4.69, 9.17) is 4.74 Å². The first-order valence-electron chi connectivity index (χ1n) is 5.63. The van der Waals surface area contributed by atoms with E-state index in [0.717, 1.165) is 12.0 Å². The lowest BCUT2D eigenvalue weighted by molar-refractivity contribution is -0.130. The van der Waals surface area contributed by atoms with E-state index in [9.17, 15) is 4.79 Å². The SMILES string of the molecule is C[C@H]1CC=CC(=O)[C@H]1OCc1ccccc1. The summed E-state index contributed by atoms with van der Waals surface area (Å²) in [5, 5.41) is 0. The molecule has 0 radical (unpaired) electrons. The minimum Gasteiger partial charge on any atom is -0.365 e. The number of benzene rings is 1. The number of hydrogen-bond acceptors (Lipinski definition) is 2. The molecule has 0 spiro atoms. The van der Waals surface area contributed by atoms with Gasteiger partial charge in [-0.15, -0.1) is 0 Å². The van der Waals surface area contributed by atoms with Crippen LogP contribution in [0.1, 0.15) is 18.9 Å². The Morgan fingerprint density at radius 1 is 1.31 bits per heavy atom. The zero-order valence-corrected chi connectivity index (χ0v) is 9.43. The van der Waals surface area contributed by atoms with E-state index in [1.807, 2.05) is 36.4 Å². The topological polar surface area (TPSA) is 26.3 Å². The van der Waals surface area contributed by atoms with Gasteiger partial charge in [-0.1, -0.05) is 43.3 Å². The molecule has 0 saturated heterocycles. The Balaban J connectivity index is 1.95. The molecule has 1 aromatic rings. The maximum atomic E-state index is 11.6. The summed E-state index contributed by atoms with van der Waals surface area (Å²) in [6, 6.07) is 9.94. The number of ketones is 1. The highest BCUT2D eigenvalue weighted by Crippen LogP contribution is 2.20. The number of hydrogen-bond donors (Lipinski definition) is 0. The van der Waals surface area contributed by atoms with Crippen LogP contribution in [0.2, 0.25) is 0 Å². The molecule has 0 aliphatic heterocycles. The standard InChI is InChI=1S/C14H16O2/c1-11-6-5-9-13(15)14(11)16-10-12-7-3-2-4-8-12/h2-5,7-9,11,14H,6,10H2,1H3/t11-,14-/m0/s1. The fourth-order valence-electron chi connectivity index (χ4n) is 1.90. The molecule has 1 aromatic carbocycles. The molecule has 0 heterocycles. The summed E-state index contributed by atoms with van der Waals surface area (Å²) in [6.45, 7) is 2.56. The normalized spacial score (nSPS) is 24.7. The summed E-state index contributed by atoms with van der Waals surface area (Å²) in [5.74, 6) is 0.371. The number of carbonyl (C=O) groups is 1. The van der Waals surface area contributed by atoms with E-state index in [1.54, 1.807) is 6.08 Å². The molecule has 2 rings (SSSR count). The first-order valence-corrected chi connectivity index (χ1v) is 5.63. The van der Waals surface area contributed by atoms with E-state index >= 15 is 0 Å². The maximum Gasteiger partial charge on any atom is 0.184 e. The van der Waals surface area contributed by atoms with Gasteiger partial charge in [0, 0.05) is 0 Å². The van der Waals surface area contributed by atoms with E-state index in [-0.39, 0.29) is 17.8 Å². The van der Waals surface area contributed by atoms with Gasteiger partial charge in [0.05, 0.1) is 6.61 Å². The van der Waals surface area contributed by atoms with Crippen molar-refractivity contribution in [3.63, 3.8) is 0 Å². The molecule has 84 valence electrons. The Morgan fingerprint density at radius 3 is 2.75 bits per heavy atom. The minimum absolute atomic E-state index is 0.0923. The Morgan fingerprint density at radius 2 is 2.06 bits per heavy atom.